The van der Waals surface area contributed by atoms with Crippen molar-refractivity contribution in [1.82, 2.24) is 4.90 Å². The predicted molar refractivity (Wildman–Crippen MR) is 102 cm³/mol. The minimum Gasteiger partial charge on any atom is -0.369 e. The zero-order valence-corrected chi connectivity index (χ0v) is 15.4. The van der Waals surface area contributed by atoms with Crippen molar-refractivity contribution < 1.29 is 0 Å². The molecular formula is C16H13Cl4N3. The van der Waals surface area contributed by atoms with Gasteiger partial charge in [0.25, 0.3) is 0 Å². The number of aliphatic imine (C=N–C) groups is 2. The Morgan fingerprint density at radius 2 is 1.43 bits per heavy atom. The summed E-state index contributed by atoms with van der Waals surface area (Å²) in [5.41, 5.74) is 1.72. The van der Waals surface area contributed by atoms with Crippen molar-refractivity contribution in [2.24, 2.45) is 9.98 Å². The van der Waals surface area contributed by atoms with Gasteiger partial charge in [-0.15, -0.1) is 0 Å². The molecule has 120 valence electrons. The predicted octanol–water partition coefficient (Wildman–Crippen LogP) is 6.27. The SMILES string of the molecule is CN(C)/C=N\c1c(Cl)cc(/N=C/c2c(Cl)cccc2Cl)cc1Cl. The van der Waals surface area contributed by atoms with Gasteiger partial charge >= 0.3 is 0 Å². The van der Waals surface area contributed by atoms with Gasteiger partial charge in [-0.3, -0.25) is 4.99 Å². The molecule has 0 atom stereocenters. The highest BCUT2D eigenvalue weighted by molar-refractivity contribution is 6.40. The van der Waals surface area contributed by atoms with E-state index in [1.54, 1.807) is 47.8 Å². The molecule has 0 amide bonds. The fourth-order valence-corrected chi connectivity index (χ4v) is 2.76. The molecule has 0 saturated carbocycles. The first-order valence-electron chi connectivity index (χ1n) is 6.56. The van der Waals surface area contributed by atoms with Crippen LogP contribution >= 0.6 is 46.4 Å². The Hall–Kier alpha value is -1.26. The third-order valence-electron chi connectivity index (χ3n) is 2.76. The quantitative estimate of drug-likeness (QED) is 0.447. The number of halogens is 4. The van der Waals surface area contributed by atoms with E-state index in [1.165, 1.54) is 0 Å². The molecule has 0 aliphatic rings. The molecule has 0 fully saturated rings. The summed E-state index contributed by atoms with van der Waals surface area (Å²) in [7, 11) is 3.72. The highest BCUT2D eigenvalue weighted by Crippen LogP contribution is 2.37. The van der Waals surface area contributed by atoms with Crippen molar-refractivity contribution in [3.8, 4) is 0 Å². The first-order valence-corrected chi connectivity index (χ1v) is 8.07. The lowest BCUT2D eigenvalue weighted by atomic mass is 10.2. The Kier molecular flexibility index (Phi) is 6.31. The smallest absolute Gasteiger partial charge is 0.102 e. The first kappa shape index (κ1) is 18.1. The molecule has 2 aromatic rings. The van der Waals surface area contributed by atoms with Gasteiger partial charge in [0, 0.05) is 25.9 Å². The molecule has 0 saturated heterocycles. The maximum absolute atomic E-state index is 6.22. The molecule has 7 heteroatoms. The van der Waals surface area contributed by atoms with Crippen LogP contribution in [-0.2, 0) is 0 Å². The summed E-state index contributed by atoms with van der Waals surface area (Å²) in [5.74, 6) is 0. The Balaban J connectivity index is 2.34. The van der Waals surface area contributed by atoms with Crippen LogP contribution in [0.5, 0.6) is 0 Å². The van der Waals surface area contributed by atoms with E-state index in [1.807, 2.05) is 14.1 Å². The van der Waals surface area contributed by atoms with E-state index in [-0.39, 0.29) is 0 Å². The Labute approximate surface area is 155 Å². The Morgan fingerprint density at radius 1 is 0.870 bits per heavy atom. The minimum atomic E-state index is 0.410. The molecule has 0 radical (unpaired) electrons. The summed E-state index contributed by atoms with van der Waals surface area (Å²) < 4.78 is 0. The van der Waals surface area contributed by atoms with Crippen LogP contribution in [-0.4, -0.2) is 31.5 Å². The van der Waals surface area contributed by atoms with Gasteiger partial charge in [0.15, 0.2) is 0 Å². The van der Waals surface area contributed by atoms with E-state index in [0.29, 0.717) is 37.0 Å². The molecule has 0 unspecified atom stereocenters. The number of nitrogens with zero attached hydrogens (tertiary/aromatic N) is 3. The average molecular weight is 389 g/mol. The molecule has 0 spiro atoms. The molecule has 0 N–H and O–H groups in total. The van der Waals surface area contributed by atoms with E-state index >= 15 is 0 Å². The second-order valence-corrected chi connectivity index (χ2v) is 6.49. The monoisotopic (exact) mass is 387 g/mol. The van der Waals surface area contributed by atoms with Crippen LogP contribution in [0.1, 0.15) is 5.56 Å². The normalized spacial score (nSPS) is 11.6. The Bertz CT molecular complexity index is 727. The van der Waals surface area contributed by atoms with Crippen molar-refractivity contribution in [1.29, 1.82) is 0 Å². The second-order valence-electron chi connectivity index (χ2n) is 4.86. The highest BCUT2D eigenvalue weighted by atomic mass is 35.5. The lowest BCUT2D eigenvalue weighted by Crippen LogP contribution is -2.07. The Morgan fingerprint density at radius 3 is 1.96 bits per heavy atom. The molecule has 2 aromatic carbocycles. The molecule has 0 heterocycles. The number of rotatable bonds is 4. The van der Waals surface area contributed by atoms with Crippen LogP contribution in [0.4, 0.5) is 11.4 Å². The molecule has 0 bridgehead atoms. The van der Waals surface area contributed by atoms with Crippen molar-refractivity contribution in [2.45, 2.75) is 0 Å². The van der Waals surface area contributed by atoms with Crippen molar-refractivity contribution in [3.63, 3.8) is 0 Å². The molecule has 23 heavy (non-hydrogen) atoms. The van der Waals surface area contributed by atoms with Crippen molar-refractivity contribution in [2.75, 3.05) is 14.1 Å². The van der Waals surface area contributed by atoms with Crippen LogP contribution in [0, 0.1) is 0 Å². The van der Waals surface area contributed by atoms with Gasteiger partial charge in [-0.25, -0.2) is 4.99 Å². The third kappa shape index (κ3) is 4.85. The zero-order valence-electron chi connectivity index (χ0n) is 12.4. The first-order chi connectivity index (χ1) is 10.9. The fourth-order valence-electron chi connectivity index (χ4n) is 1.70. The van der Waals surface area contributed by atoms with Gasteiger partial charge in [-0.1, -0.05) is 52.5 Å². The molecular weight excluding hydrogens is 376 g/mol. The zero-order chi connectivity index (χ0) is 17.0. The van der Waals surface area contributed by atoms with Gasteiger partial charge in [0.2, 0.25) is 0 Å². The lowest BCUT2D eigenvalue weighted by molar-refractivity contribution is 0.643. The number of hydrogen-bond acceptors (Lipinski definition) is 2. The summed E-state index contributed by atoms with van der Waals surface area (Å²) in [5, 5.41) is 1.86. The van der Waals surface area contributed by atoms with E-state index in [9.17, 15) is 0 Å². The summed E-state index contributed by atoms with van der Waals surface area (Å²) in [4.78, 5) is 10.4. The molecule has 0 aromatic heterocycles. The summed E-state index contributed by atoms with van der Waals surface area (Å²) in [6.45, 7) is 0. The van der Waals surface area contributed by atoms with Crippen LogP contribution < -0.4 is 0 Å². The molecule has 0 aliphatic heterocycles. The van der Waals surface area contributed by atoms with Crippen LogP contribution in [0.2, 0.25) is 20.1 Å². The molecule has 0 aliphatic carbocycles. The minimum absolute atomic E-state index is 0.410. The van der Waals surface area contributed by atoms with Crippen LogP contribution in [0.25, 0.3) is 0 Å². The van der Waals surface area contributed by atoms with Gasteiger partial charge in [0.1, 0.15) is 5.69 Å². The van der Waals surface area contributed by atoms with Gasteiger partial charge in [-0.2, -0.15) is 0 Å². The molecule has 2 rings (SSSR count). The topological polar surface area (TPSA) is 28.0 Å². The standard InChI is InChI=1S/C16H13Cl4N3/c1-23(2)9-22-16-14(19)6-10(7-15(16)20)21-8-11-12(17)4-3-5-13(11)18/h3-9H,1-2H3/b21-8+,22-9-. The number of hydrogen-bond donors (Lipinski definition) is 0. The second kappa shape index (κ2) is 8.02. The van der Waals surface area contributed by atoms with E-state index in [4.69, 9.17) is 46.4 Å². The number of benzene rings is 2. The van der Waals surface area contributed by atoms with Crippen LogP contribution in [0.15, 0.2) is 40.3 Å². The maximum Gasteiger partial charge on any atom is 0.102 e. The fraction of sp³-hybridized carbons (Fsp3) is 0.125. The van der Waals surface area contributed by atoms with Crippen molar-refractivity contribution in [3.05, 3.63) is 56.0 Å². The van der Waals surface area contributed by atoms with E-state index in [0.717, 1.165) is 0 Å². The van der Waals surface area contributed by atoms with E-state index < -0.39 is 0 Å². The third-order valence-corrected chi connectivity index (χ3v) is 4.00. The van der Waals surface area contributed by atoms with Gasteiger partial charge < -0.3 is 4.90 Å². The maximum atomic E-state index is 6.22. The summed E-state index contributed by atoms with van der Waals surface area (Å²) in [6.07, 6.45) is 3.20. The summed E-state index contributed by atoms with van der Waals surface area (Å²) in [6, 6.07) is 8.61. The highest BCUT2D eigenvalue weighted by Gasteiger charge is 2.07. The lowest BCUT2D eigenvalue weighted by Gasteiger charge is -2.06. The average Bonchev–Trinajstić information content (AvgIpc) is 2.45. The van der Waals surface area contributed by atoms with Crippen molar-refractivity contribution >= 4 is 70.3 Å². The van der Waals surface area contributed by atoms with E-state index in [2.05, 4.69) is 9.98 Å². The van der Waals surface area contributed by atoms with Gasteiger partial charge in [-0.05, 0) is 24.3 Å². The largest absolute Gasteiger partial charge is 0.369 e. The van der Waals surface area contributed by atoms with Crippen LogP contribution in [0.3, 0.4) is 0 Å². The summed E-state index contributed by atoms with van der Waals surface area (Å²) >= 11 is 24.6. The molecule has 3 nitrogen and oxygen atoms in total. The van der Waals surface area contributed by atoms with Gasteiger partial charge in [0.05, 0.1) is 32.1 Å².